The van der Waals surface area contributed by atoms with Gasteiger partial charge >= 0.3 is 5.97 Å². The summed E-state index contributed by atoms with van der Waals surface area (Å²) in [6.45, 7) is 4.05. The van der Waals surface area contributed by atoms with E-state index < -0.39 is 0 Å². The van der Waals surface area contributed by atoms with Gasteiger partial charge in [-0.15, -0.1) is 11.3 Å². The molecule has 0 saturated heterocycles. The monoisotopic (exact) mass is 369 g/mol. The van der Waals surface area contributed by atoms with E-state index in [1.165, 1.54) is 33.8 Å². The van der Waals surface area contributed by atoms with Crippen molar-refractivity contribution in [2.24, 2.45) is 5.92 Å². The molecule has 0 unspecified atom stereocenters. The van der Waals surface area contributed by atoms with Crippen molar-refractivity contribution in [1.29, 1.82) is 0 Å². The maximum Gasteiger partial charge on any atom is 0.348 e. The lowest BCUT2D eigenvalue weighted by Gasteiger charge is -2.22. The standard InChI is InChI=1S/C21H23NO3S/c1-13-7-8-18-16(9-13)11-19(26-18)21(24)25-12-20(23)22-14(2)10-15-5-3-4-6-17(15)22/h3-6,11,13-14H,7-10,12H2,1-2H3/t13-,14+/m0/s1. The van der Waals surface area contributed by atoms with Crippen LogP contribution in [0.4, 0.5) is 5.69 Å². The fraction of sp³-hybridized carbons (Fsp3) is 0.429. The van der Waals surface area contributed by atoms with Crippen LogP contribution in [-0.2, 0) is 28.8 Å². The second-order valence-electron chi connectivity index (χ2n) is 7.43. The summed E-state index contributed by atoms with van der Waals surface area (Å²) in [4.78, 5) is 28.7. The molecule has 0 fully saturated rings. The molecule has 4 rings (SSSR count). The average molecular weight is 369 g/mol. The van der Waals surface area contributed by atoms with Crippen molar-refractivity contribution in [2.75, 3.05) is 11.5 Å². The van der Waals surface area contributed by atoms with E-state index in [2.05, 4.69) is 6.92 Å². The van der Waals surface area contributed by atoms with Crippen LogP contribution in [-0.4, -0.2) is 24.5 Å². The summed E-state index contributed by atoms with van der Waals surface area (Å²) >= 11 is 1.52. The molecule has 1 aliphatic carbocycles. The number of benzene rings is 1. The highest BCUT2D eigenvalue weighted by Crippen LogP contribution is 2.33. The zero-order valence-corrected chi connectivity index (χ0v) is 16.0. The number of hydrogen-bond donors (Lipinski definition) is 0. The van der Waals surface area contributed by atoms with E-state index >= 15 is 0 Å². The Morgan fingerprint density at radius 1 is 1.19 bits per heavy atom. The Kier molecular flexibility index (Phi) is 4.57. The minimum absolute atomic E-state index is 0.0918. The number of thiophene rings is 1. The largest absolute Gasteiger partial charge is 0.451 e. The van der Waals surface area contributed by atoms with Crippen molar-refractivity contribution in [3.05, 3.63) is 51.2 Å². The van der Waals surface area contributed by atoms with Gasteiger partial charge < -0.3 is 9.64 Å². The second-order valence-corrected chi connectivity index (χ2v) is 8.57. The Morgan fingerprint density at radius 2 is 2.00 bits per heavy atom. The number of para-hydroxylation sites is 1. The number of esters is 1. The first-order valence-corrected chi connectivity index (χ1v) is 10.0. The lowest BCUT2D eigenvalue weighted by molar-refractivity contribution is -0.122. The zero-order valence-electron chi connectivity index (χ0n) is 15.2. The van der Waals surface area contributed by atoms with Crippen LogP contribution in [0.1, 0.15) is 45.9 Å². The summed E-state index contributed by atoms with van der Waals surface area (Å²) in [7, 11) is 0. The first kappa shape index (κ1) is 17.3. The molecule has 1 aliphatic heterocycles. The summed E-state index contributed by atoms with van der Waals surface area (Å²) in [5.41, 5.74) is 3.37. The number of carbonyl (C=O) groups is 2. The molecule has 136 valence electrons. The smallest absolute Gasteiger partial charge is 0.348 e. The Morgan fingerprint density at radius 3 is 2.85 bits per heavy atom. The van der Waals surface area contributed by atoms with Crippen LogP contribution in [0.2, 0.25) is 0 Å². The Bertz CT molecular complexity index is 857. The van der Waals surface area contributed by atoms with Gasteiger partial charge in [0.1, 0.15) is 4.88 Å². The molecule has 1 aromatic carbocycles. The minimum atomic E-state index is -0.384. The number of hydrogen-bond acceptors (Lipinski definition) is 4. The van der Waals surface area contributed by atoms with Gasteiger partial charge in [0.2, 0.25) is 0 Å². The van der Waals surface area contributed by atoms with Gasteiger partial charge in [-0.2, -0.15) is 0 Å². The van der Waals surface area contributed by atoms with Gasteiger partial charge in [-0.25, -0.2) is 4.79 Å². The highest BCUT2D eigenvalue weighted by Gasteiger charge is 2.31. The Hall–Kier alpha value is -2.14. The topological polar surface area (TPSA) is 46.6 Å². The maximum absolute atomic E-state index is 12.6. The Balaban J connectivity index is 1.41. The Labute approximate surface area is 157 Å². The van der Waals surface area contributed by atoms with E-state index in [0.717, 1.165) is 24.9 Å². The van der Waals surface area contributed by atoms with Gasteiger partial charge in [0.25, 0.3) is 5.91 Å². The van der Waals surface area contributed by atoms with Gasteiger partial charge in [-0.1, -0.05) is 25.1 Å². The number of aryl methyl sites for hydroxylation is 1. The van der Waals surface area contributed by atoms with Crippen LogP contribution in [0, 0.1) is 5.92 Å². The molecule has 26 heavy (non-hydrogen) atoms. The van der Waals surface area contributed by atoms with E-state index in [1.54, 1.807) is 4.90 Å². The molecule has 2 atom stereocenters. The second kappa shape index (κ2) is 6.88. The number of anilines is 1. The van der Waals surface area contributed by atoms with Crippen LogP contribution >= 0.6 is 11.3 Å². The molecule has 0 N–H and O–H groups in total. The average Bonchev–Trinajstić information content (AvgIpc) is 3.18. The molecule has 5 heteroatoms. The fourth-order valence-electron chi connectivity index (χ4n) is 4.02. The number of ether oxygens (including phenoxy) is 1. The highest BCUT2D eigenvalue weighted by molar-refractivity contribution is 7.14. The van der Waals surface area contributed by atoms with Gasteiger partial charge in [0.15, 0.2) is 6.61 Å². The number of carbonyl (C=O) groups excluding carboxylic acids is 2. The van der Waals surface area contributed by atoms with Crippen molar-refractivity contribution >= 4 is 28.9 Å². The summed E-state index contributed by atoms with van der Waals surface area (Å²) in [6.07, 6.45) is 4.08. The summed E-state index contributed by atoms with van der Waals surface area (Å²) in [5, 5.41) is 0. The highest BCUT2D eigenvalue weighted by atomic mass is 32.1. The summed E-state index contributed by atoms with van der Waals surface area (Å²) in [6, 6.07) is 9.96. The first-order chi connectivity index (χ1) is 12.5. The number of amides is 1. The van der Waals surface area contributed by atoms with E-state index in [9.17, 15) is 9.59 Å². The SMILES string of the molecule is C[C@H]1CCc2sc(C(=O)OCC(=O)N3c4ccccc4C[C@H]3C)cc2C1. The molecule has 0 radical (unpaired) electrons. The van der Waals surface area contributed by atoms with Gasteiger partial charge in [0.05, 0.1) is 0 Å². The van der Waals surface area contributed by atoms with Gasteiger partial charge in [-0.3, -0.25) is 4.79 Å². The third-order valence-electron chi connectivity index (χ3n) is 5.33. The molecule has 4 nitrogen and oxygen atoms in total. The fourth-order valence-corrected chi connectivity index (χ4v) is 5.12. The lowest BCUT2D eigenvalue weighted by atomic mass is 9.90. The van der Waals surface area contributed by atoms with Crippen LogP contribution in [0.15, 0.2) is 30.3 Å². The zero-order chi connectivity index (χ0) is 18.3. The number of rotatable bonds is 3. The quantitative estimate of drug-likeness (QED) is 0.768. The molecule has 0 bridgehead atoms. The predicted molar refractivity (Wildman–Crippen MR) is 103 cm³/mol. The molecule has 2 aromatic rings. The number of nitrogens with zero attached hydrogens (tertiary/aromatic N) is 1. The third kappa shape index (κ3) is 3.16. The molecular weight excluding hydrogens is 346 g/mol. The molecule has 0 saturated carbocycles. The van der Waals surface area contributed by atoms with Crippen molar-refractivity contribution < 1.29 is 14.3 Å². The summed E-state index contributed by atoms with van der Waals surface area (Å²) in [5.74, 6) is 0.121. The van der Waals surface area contributed by atoms with Gasteiger partial charge in [0, 0.05) is 16.6 Å². The normalized spacial score (nSPS) is 21.2. The molecule has 1 amide bonds. The van der Waals surface area contributed by atoms with E-state index in [-0.39, 0.29) is 24.5 Å². The van der Waals surface area contributed by atoms with Crippen LogP contribution in [0.25, 0.3) is 0 Å². The van der Waals surface area contributed by atoms with E-state index in [4.69, 9.17) is 4.74 Å². The van der Waals surface area contributed by atoms with Crippen molar-refractivity contribution in [3.8, 4) is 0 Å². The molecular formula is C21H23NO3S. The van der Waals surface area contributed by atoms with Crippen molar-refractivity contribution in [1.82, 2.24) is 0 Å². The van der Waals surface area contributed by atoms with Crippen LogP contribution < -0.4 is 4.90 Å². The summed E-state index contributed by atoms with van der Waals surface area (Å²) < 4.78 is 5.35. The van der Waals surface area contributed by atoms with E-state index in [1.807, 2.05) is 37.3 Å². The van der Waals surface area contributed by atoms with Gasteiger partial charge in [-0.05, 0) is 61.8 Å². The third-order valence-corrected chi connectivity index (χ3v) is 6.55. The molecule has 2 heterocycles. The molecule has 1 aromatic heterocycles. The number of fused-ring (bicyclic) bond motifs is 2. The van der Waals surface area contributed by atoms with Crippen molar-refractivity contribution in [3.63, 3.8) is 0 Å². The van der Waals surface area contributed by atoms with E-state index in [0.29, 0.717) is 10.8 Å². The van der Waals surface area contributed by atoms with Crippen LogP contribution in [0.3, 0.4) is 0 Å². The van der Waals surface area contributed by atoms with Crippen LogP contribution in [0.5, 0.6) is 0 Å². The maximum atomic E-state index is 12.6. The molecule has 2 aliphatic rings. The van der Waals surface area contributed by atoms with Crippen molar-refractivity contribution in [2.45, 2.75) is 45.6 Å². The minimum Gasteiger partial charge on any atom is -0.451 e. The first-order valence-electron chi connectivity index (χ1n) is 9.21. The predicted octanol–water partition coefficient (Wildman–Crippen LogP) is 4.01. The molecule has 0 spiro atoms. The lowest BCUT2D eigenvalue weighted by Crippen LogP contribution is -2.38.